The van der Waals surface area contributed by atoms with Crippen LogP contribution in [0.15, 0.2) is 47.6 Å². The van der Waals surface area contributed by atoms with Gasteiger partial charge in [0.15, 0.2) is 16.6 Å². The number of allylic oxidation sites excluding steroid dienone is 3. The minimum absolute atomic E-state index is 0.168. The summed E-state index contributed by atoms with van der Waals surface area (Å²) in [4.78, 5) is 0. The predicted octanol–water partition coefficient (Wildman–Crippen LogP) is 14.1. The van der Waals surface area contributed by atoms with E-state index in [1.807, 2.05) is 0 Å². The van der Waals surface area contributed by atoms with Gasteiger partial charge in [0.05, 0.1) is 12.2 Å². The first-order chi connectivity index (χ1) is 23.7. The summed E-state index contributed by atoms with van der Waals surface area (Å²) in [6.07, 6.45) is 15.0. The molecule has 6 atom stereocenters. The van der Waals surface area contributed by atoms with Gasteiger partial charge in [0, 0.05) is 11.5 Å². The van der Waals surface area contributed by atoms with Crippen molar-refractivity contribution in [1.29, 1.82) is 0 Å². The lowest BCUT2D eigenvalue weighted by atomic mass is 9.61. The molecule has 3 aliphatic rings. The average Bonchev–Trinajstić information content (AvgIpc) is 3.34. The molecule has 0 unspecified atom stereocenters. The Morgan fingerprint density at radius 3 is 1.88 bits per heavy atom. The fourth-order valence-electron chi connectivity index (χ4n) is 8.34. The van der Waals surface area contributed by atoms with Crippen LogP contribution in [-0.2, 0) is 8.85 Å². The fourth-order valence-corrected chi connectivity index (χ4v) is 12.1. The molecule has 3 fully saturated rings. The molecular formula is C46H78O3Si3. The van der Waals surface area contributed by atoms with Gasteiger partial charge in [-0.15, -0.1) is 0 Å². The molecule has 0 spiro atoms. The summed E-state index contributed by atoms with van der Waals surface area (Å²) in [6.45, 7) is 40.3. The summed E-state index contributed by atoms with van der Waals surface area (Å²) in [6, 6.07) is 8.50. The van der Waals surface area contributed by atoms with Crippen molar-refractivity contribution >= 4 is 25.0 Å². The number of fused-ring (bicyclic) bond motifs is 1. The Balaban J connectivity index is 1.53. The van der Waals surface area contributed by atoms with E-state index in [1.54, 1.807) is 5.57 Å². The van der Waals surface area contributed by atoms with E-state index in [4.69, 9.17) is 13.3 Å². The molecule has 52 heavy (non-hydrogen) atoms. The number of hydrogen-bond donors (Lipinski definition) is 0. The van der Waals surface area contributed by atoms with E-state index >= 15 is 0 Å². The molecule has 3 aliphatic carbocycles. The summed E-state index contributed by atoms with van der Waals surface area (Å²) >= 11 is 0. The largest absolute Gasteiger partial charge is 0.543 e. The van der Waals surface area contributed by atoms with Gasteiger partial charge in [0.25, 0.3) is 0 Å². The Kier molecular flexibility index (Phi) is 13.0. The highest BCUT2D eigenvalue weighted by Crippen LogP contribution is 2.59. The molecule has 0 N–H and O–H groups in total. The van der Waals surface area contributed by atoms with Gasteiger partial charge in [-0.05, 0) is 141 Å². The minimum Gasteiger partial charge on any atom is -0.543 e. The van der Waals surface area contributed by atoms with Crippen molar-refractivity contribution in [1.82, 2.24) is 0 Å². The topological polar surface area (TPSA) is 27.7 Å². The molecular weight excluding hydrogens is 685 g/mol. The van der Waals surface area contributed by atoms with Crippen molar-refractivity contribution in [2.45, 2.75) is 194 Å². The van der Waals surface area contributed by atoms with Crippen LogP contribution in [0.5, 0.6) is 5.75 Å². The number of hydrogen-bond acceptors (Lipinski definition) is 3. The van der Waals surface area contributed by atoms with Gasteiger partial charge in [0.2, 0.25) is 8.32 Å². The summed E-state index contributed by atoms with van der Waals surface area (Å²) in [7, 11) is -5.69. The van der Waals surface area contributed by atoms with Crippen LogP contribution in [0.25, 0.3) is 0 Å². The molecule has 1 aromatic rings. The quantitative estimate of drug-likeness (QED) is 0.195. The lowest BCUT2D eigenvalue weighted by Crippen LogP contribution is -2.48. The molecule has 6 heteroatoms. The van der Waals surface area contributed by atoms with Gasteiger partial charge in [-0.3, -0.25) is 0 Å². The van der Waals surface area contributed by atoms with Crippen molar-refractivity contribution in [2.24, 2.45) is 23.2 Å². The molecule has 3 saturated carbocycles. The molecule has 0 radical (unpaired) electrons. The zero-order chi connectivity index (χ0) is 39.1. The van der Waals surface area contributed by atoms with E-state index in [1.165, 1.54) is 37.7 Å². The highest BCUT2D eigenvalue weighted by atomic mass is 28.4. The summed E-state index contributed by atoms with van der Waals surface area (Å²) < 4.78 is 20.8. The van der Waals surface area contributed by atoms with Crippen molar-refractivity contribution in [3.8, 4) is 17.6 Å². The molecule has 292 valence electrons. The van der Waals surface area contributed by atoms with Gasteiger partial charge in [-0.25, -0.2) is 0 Å². The summed E-state index contributed by atoms with van der Waals surface area (Å²) in [5.41, 5.74) is 4.57. The third-order valence-electron chi connectivity index (χ3n) is 14.7. The molecule has 3 nitrogen and oxygen atoms in total. The molecule has 0 heterocycles. The van der Waals surface area contributed by atoms with E-state index in [0.29, 0.717) is 23.2 Å². The fraction of sp³-hybridized carbons (Fsp3) is 0.739. The van der Waals surface area contributed by atoms with Crippen molar-refractivity contribution in [3.63, 3.8) is 0 Å². The van der Waals surface area contributed by atoms with Crippen LogP contribution in [-0.4, -0.2) is 37.2 Å². The van der Waals surface area contributed by atoms with Crippen molar-refractivity contribution in [2.75, 3.05) is 0 Å². The first-order valence-corrected chi connectivity index (χ1v) is 29.4. The van der Waals surface area contributed by atoms with Crippen LogP contribution < -0.4 is 4.43 Å². The van der Waals surface area contributed by atoms with Crippen LogP contribution >= 0.6 is 0 Å². The van der Waals surface area contributed by atoms with E-state index in [2.05, 4.69) is 164 Å². The summed E-state index contributed by atoms with van der Waals surface area (Å²) in [5, 5.41) is 0.561. The average molecular weight is 763 g/mol. The van der Waals surface area contributed by atoms with Gasteiger partial charge in [-0.1, -0.05) is 117 Å². The third-order valence-corrected chi connectivity index (χ3v) is 28.1. The highest BCUT2D eigenvalue weighted by molar-refractivity contribution is 6.75. The zero-order valence-corrected chi connectivity index (χ0v) is 39.7. The predicted molar refractivity (Wildman–Crippen MR) is 233 cm³/mol. The SMILES string of the molecule is C[C@H](C#Cc1cccc(O[Si](C)(C)C(C)(C)C)c1)[C@H]1CC[C@H]2/C(=C/C=C3C[C@@H](O[Si](C)(C)C(C)(C)C)C[C@H](O[Si](C)(C)C(C)(C)C)C3)CCC[C@]12C. The maximum atomic E-state index is 7.11. The van der Waals surface area contributed by atoms with Gasteiger partial charge >= 0.3 is 0 Å². The minimum atomic E-state index is -1.90. The Labute approximate surface area is 324 Å². The Morgan fingerprint density at radius 2 is 1.35 bits per heavy atom. The zero-order valence-electron chi connectivity index (χ0n) is 36.7. The summed E-state index contributed by atoms with van der Waals surface area (Å²) in [5.74, 6) is 9.91. The second-order valence-electron chi connectivity index (χ2n) is 21.8. The van der Waals surface area contributed by atoms with Crippen molar-refractivity contribution in [3.05, 3.63) is 53.1 Å². The Hall–Kier alpha value is -1.37. The van der Waals surface area contributed by atoms with Crippen LogP contribution in [0, 0.1) is 35.0 Å². The molecule has 0 aliphatic heterocycles. The van der Waals surface area contributed by atoms with Gasteiger partial charge in [0.1, 0.15) is 5.75 Å². The van der Waals surface area contributed by atoms with E-state index in [9.17, 15) is 0 Å². The van der Waals surface area contributed by atoms with E-state index < -0.39 is 25.0 Å². The Morgan fingerprint density at radius 1 is 0.788 bits per heavy atom. The first-order valence-electron chi connectivity index (χ1n) is 20.7. The van der Waals surface area contributed by atoms with Crippen LogP contribution in [0.4, 0.5) is 0 Å². The molecule has 1 aromatic carbocycles. The van der Waals surface area contributed by atoms with Gasteiger partial charge in [-0.2, -0.15) is 0 Å². The highest BCUT2D eigenvalue weighted by Gasteiger charge is 2.51. The maximum Gasteiger partial charge on any atom is 0.250 e. The third kappa shape index (κ3) is 10.1. The lowest BCUT2D eigenvalue weighted by molar-refractivity contribution is 0.0725. The maximum absolute atomic E-state index is 7.11. The second-order valence-corrected chi connectivity index (χ2v) is 36.0. The van der Waals surface area contributed by atoms with Crippen LogP contribution in [0.1, 0.15) is 133 Å². The molecule has 0 aromatic heterocycles. The molecule has 0 saturated heterocycles. The van der Waals surface area contributed by atoms with Gasteiger partial charge < -0.3 is 13.3 Å². The number of benzene rings is 1. The van der Waals surface area contributed by atoms with E-state index in [0.717, 1.165) is 30.6 Å². The lowest BCUT2D eigenvalue weighted by Gasteiger charge is -2.45. The smallest absolute Gasteiger partial charge is 0.250 e. The second kappa shape index (κ2) is 15.6. The Bertz CT molecular complexity index is 1480. The molecule has 0 bridgehead atoms. The standard InChI is InChI=1S/C46H78O3Si3/c1-34(23-24-35-20-18-22-38(30-35)47-50(12,13)43(2,3)4)41-27-28-42-37(21-19-29-46(41,42)11)26-25-36-31-39(48-51(14,15)44(5,6)7)33-40(32-36)49-52(16,17)45(8,9)10/h18,20,22,25-26,30,34,39-42H,19,21,27-29,31-33H2,1-17H3/b37-26+/t34-,39-,40-,41-,42+,46-/m1/s1. The normalized spacial score (nSPS) is 27.9. The van der Waals surface area contributed by atoms with E-state index in [-0.39, 0.29) is 27.3 Å². The molecule has 0 amide bonds. The number of rotatable bonds is 8. The molecule has 4 rings (SSSR count). The monoisotopic (exact) mass is 763 g/mol. The first kappa shape index (κ1) is 43.4. The van der Waals surface area contributed by atoms with Crippen LogP contribution in [0.2, 0.25) is 54.4 Å². The van der Waals surface area contributed by atoms with Crippen LogP contribution in [0.3, 0.4) is 0 Å². The van der Waals surface area contributed by atoms with Crippen molar-refractivity contribution < 1.29 is 13.3 Å².